The van der Waals surface area contributed by atoms with Gasteiger partial charge in [-0.15, -0.1) is 5.10 Å². The molecule has 1 N–H and O–H groups in total. The predicted octanol–water partition coefficient (Wildman–Crippen LogP) is 2.06. The summed E-state index contributed by atoms with van der Waals surface area (Å²) in [6.45, 7) is 5.57. The highest BCUT2D eigenvalue weighted by Gasteiger charge is 2.19. The van der Waals surface area contributed by atoms with Crippen molar-refractivity contribution >= 4 is 5.82 Å². The molecule has 0 bridgehead atoms. The Morgan fingerprint density at radius 1 is 1.37 bits per heavy atom. The first kappa shape index (κ1) is 13.8. The van der Waals surface area contributed by atoms with Gasteiger partial charge in [0.15, 0.2) is 5.82 Å². The second-order valence-corrected chi connectivity index (χ2v) is 4.73. The summed E-state index contributed by atoms with van der Waals surface area (Å²) in [5.41, 5.74) is 2.57. The number of aryl methyl sites for hydroxylation is 1. The van der Waals surface area contributed by atoms with Crippen molar-refractivity contribution in [1.29, 1.82) is 5.26 Å². The highest BCUT2D eigenvalue weighted by atomic mass is 16.5. The molecule has 5 heteroatoms. The molecule has 0 spiro atoms. The van der Waals surface area contributed by atoms with Crippen LogP contribution in [-0.2, 0) is 17.6 Å². The molecule has 0 radical (unpaired) electrons. The van der Waals surface area contributed by atoms with Crippen molar-refractivity contribution in [2.45, 2.75) is 45.6 Å². The SMILES string of the molecule is CCc1nnc(NC2CCCOC2)c(C#N)c1CC. The summed E-state index contributed by atoms with van der Waals surface area (Å²) in [5, 5.41) is 21.1. The summed E-state index contributed by atoms with van der Waals surface area (Å²) in [6, 6.07) is 2.50. The Bertz CT molecular complexity index is 475. The third-order valence-corrected chi connectivity index (χ3v) is 3.46. The van der Waals surface area contributed by atoms with Gasteiger partial charge >= 0.3 is 0 Å². The van der Waals surface area contributed by atoms with Crippen molar-refractivity contribution in [2.75, 3.05) is 18.5 Å². The van der Waals surface area contributed by atoms with E-state index in [1.165, 1.54) is 0 Å². The quantitative estimate of drug-likeness (QED) is 0.897. The van der Waals surface area contributed by atoms with Crippen molar-refractivity contribution < 1.29 is 4.74 Å². The predicted molar refractivity (Wildman–Crippen MR) is 73.0 cm³/mol. The Kier molecular flexibility index (Phi) is 4.69. The molecule has 102 valence electrons. The molecule has 5 nitrogen and oxygen atoms in total. The molecule has 0 aliphatic carbocycles. The maximum absolute atomic E-state index is 9.39. The summed E-state index contributed by atoms with van der Waals surface area (Å²) >= 11 is 0. The second kappa shape index (κ2) is 6.48. The van der Waals surface area contributed by atoms with E-state index < -0.39 is 0 Å². The molecule has 2 heterocycles. The van der Waals surface area contributed by atoms with Crippen LogP contribution >= 0.6 is 0 Å². The van der Waals surface area contributed by atoms with E-state index in [1.807, 2.05) is 13.8 Å². The largest absolute Gasteiger partial charge is 0.379 e. The number of ether oxygens (including phenoxy) is 1. The molecule has 19 heavy (non-hydrogen) atoms. The average molecular weight is 260 g/mol. The molecule has 2 rings (SSSR count). The van der Waals surface area contributed by atoms with Crippen LogP contribution in [0.1, 0.15) is 43.5 Å². The van der Waals surface area contributed by atoms with E-state index in [0.29, 0.717) is 18.0 Å². The normalized spacial score (nSPS) is 18.9. The van der Waals surface area contributed by atoms with Crippen LogP contribution in [0.2, 0.25) is 0 Å². The van der Waals surface area contributed by atoms with Gasteiger partial charge in [0.25, 0.3) is 0 Å². The van der Waals surface area contributed by atoms with Crippen LogP contribution in [0, 0.1) is 11.3 Å². The fraction of sp³-hybridized carbons (Fsp3) is 0.643. The number of rotatable bonds is 4. The summed E-state index contributed by atoms with van der Waals surface area (Å²) in [4.78, 5) is 0. The highest BCUT2D eigenvalue weighted by Crippen LogP contribution is 2.21. The fourth-order valence-corrected chi connectivity index (χ4v) is 2.44. The van der Waals surface area contributed by atoms with Gasteiger partial charge in [0, 0.05) is 6.61 Å². The minimum atomic E-state index is 0.229. The lowest BCUT2D eigenvalue weighted by Gasteiger charge is -2.24. The van der Waals surface area contributed by atoms with Crippen molar-refractivity contribution in [3.8, 4) is 6.07 Å². The Balaban J connectivity index is 2.27. The third-order valence-electron chi connectivity index (χ3n) is 3.46. The van der Waals surface area contributed by atoms with Gasteiger partial charge in [0.1, 0.15) is 11.6 Å². The molecular formula is C14H20N4O. The number of aromatic nitrogens is 2. The van der Waals surface area contributed by atoms with Crippen LogP contribution in [0.5, 0.6) is 0 Å². The third kappa shape index (κ3) is 3.02. The Hall–Kier alpha value is -1.67. The molecule has 1 aromatic rings. The standard InChI is InChI=1S/C14H20N4O/c1-3-11-12(8-15)14(18-17-13(11)4-2)16-10-6-5-7-19-9-10/h10H,3-7,9H2,1-2H3,(H,16,18). The van der Waals surface area contributed by atoms with Gasteiger partial charge in [0.05, 0.1) is 18.3 Å². The molecule has 1 atom stereocenters. The number of nitriles is 1. The smallest absolute Gasteiger partial charge is 0.167 e. The van der Waals surface area contributed by atoms with Gasteiger partial charge < -0.3 is 10.1 Å². The van der Waals surface area contributed by atoms with E-state index in [9.17, 15) is 5.26 Å². The molecule has 1 aliphatic rings. The van der Waals surface area contributed by atoms with E-state index in [0.717, 1.165) is 43.5 Å². The Morgan fingerprint density at radius 3 is 2.79 bits per heavy atom. The first-order valence-corrected chi connectivity index (χ1v) is 6.92. The summed E-state index contributed by atoms with van der Waals surface area (Å²) in [5.74, 6) is 0.604. The fourth-order valence-electron chi connectivity index (χ4n) is 2.44. The van der Waals surface area contributed by atoms with Gasteiger partial charge in [-0.25, -0.2) is 0 Å². The van der Waals surface area contributed by atoms with Crippen LogP contribution in [0.4, 0.5) is 5.82 Å². The molecule has 1 aromatic heterocycles. The lowest BCUT2D eigenvalue weighted by atomic mass is 10.0. The van der Waals surface area contributed by atoms with E-state index in [-0.39, 0.29) is 6.04 Å². The molecule has 0 amide bonds. The van der Waals surface area contributed by atoms with Crippen LogP contribution in [-0.4, -0.2) is 29.5 Å². The molecular weight excluding hydrogens is 240 g/mol. The number of nitrogens with one attached hydrogen (secondary N) is 1. The van der Waals surface area contributed by atoms with Crippen molar-refractivity contribution in [3.63, 3.8) is 0 Å². The zero-order valence-corrected chi connectivity index (χ0v) is 11.6. The first-order chi connectivity index (χ1) is 9.30. The molecule has 0 aromatic carbocycles. The maximum atomic E-state index is 9.39. The number of anilines is 1. The van der Waals surface area contributed by atoms with Crippen molar-refractivity contribution in [1.82, 2.24) is 10.2 Å². The summed E-state index contributed by atoms with van der Waals surface area (Å²) in [6.07, 6.45) is 3.69. The van der Waals surface area contributed by atoms with Crippen molar-refractivity contribution in [3.05, 3.63) is 16.8 Å². The van der Waals surface area contributed by atoms with Crippen LogP contribution in [0.15, 0.2) is 0 Å². The first-order valence-electron chi connectivity index (χ1n) is 6.92. The number of hydrogen-bond acceptors (Lipinski definition) is 5. The van der Waals surface area contributed by atoms with Gasteiger partial charge in [-0.05, 0) is 31.2 Å². The van der Waals surface area contributed by atoms with Gasteiger partial charge in [-0.2, -0.15) is 10.4 Å². The number of nitrogens with zero attached hydrogens (tertiary/aromatic N) is 3. The zero-order chi connectivity index (χ0) is 13.7. The van der Waals surface area contributed by atoms with Crippen molar-refractivity contribution in [2.24, 2.45) is 0 Å². The zero-order valence-electron chi connectivity index (χ0n) is 11.6. The van der Waals surface area contributed by atoms with Gasteiger partial charge in [0.2, 0.25) is 0 Å². The maximum Gasteiger partial charge on any atom is 0.167 e. The Labute approximate surface area is 114 Å². The molecule has 1 aliphatic heterocycles. The lowest BCUT2D eigenvalue weighted by Crippen LogP contribution is -2.31. The minimum Gasteiger partial charge on any atom is -0.379 e. The van der Waals surface area contributed by atoms with Gasteiger partial charge in [-0.3, -0.25) is 0 Å². The summed E-state index contributed by atoms with van der Waals surface area (Å²) in [7, 11) is 0. The Morgan fingerprint density at radius 2 is 2.21 bits per heavy atom. The van der Waals surface area contributed by atoms with Crippen LogP contribution in [0.3, 0.4) is 0 Å². The number of hydrogen-bond donors (Lipinski definition) is 1. The van der Waals surface area contributed by atoms with Crippen LogP contribution < -0.4 is 5.32 Å². The molecule has 1 saturated heterocycles. The average Bonchev–Trinajstić information content (AvgIpc) is 2.47. The molecule has 1 unspecified atom stereocenters. The molecule has 1 fully saturated rings. The topological polar surface area (TPSA) is 70.8 Å². The monoisotopic (exact) mass is 260 g/mol. The van der Waals surface area contributed by atoms with E-state index in [4.69, 9.17) is 4.74 Å². The van der Waals surface area contributed by atoms with E-state index in [1.54, 1.807) is 0 Å². The van der Waals surface area contributed by atoms with Crippen LogP contribution in [0.25, 0.3) is 0 Å². The van der Waals surface area contributed by atoms with E-state index >= 15 is 0 Å². The van der Waals surface area contributed by atoms with Gasteiger partial charge in [-0.1, -0.05) is 13.8 Å². The lowest BCUT2D eigenvalue weighted by molar-refractivity contribution is 0.0875. The minimum absolute atomic E-state index is 0.229. The highest BCUT2D eigenvalue weighted by molar-refractivity contribution is 5.56. The summed E-state index contributed by atoms with van der Waals surface area (Å²) < 4.78 is 5.44. The second-order valence-electron chi connectivity index (χ2n) is 4.73. The molecule has 0 saturated carbocycles. The van der Waals surface area contributed by atoms with E-state index in [2.05, 4.69) is 21.6 Å².